The number of benzene rings is 1. The molecule has 3 N–H and O–H groups in total. The highest BCUT2D eigenvalue weighted by atomic mass is 32.2. The van der Waals surface area contributed by atoms with E-state index in [0.29, 0.717) is 5.75 Å². The highest BCUT2D eigenvalue weighted by molar-refractivity contribution is 7.98. The Balaban J connectivity index is 1.88. The van der Waals surface area contributed by atoms with E-state index in [-0.39, 0.29) is 24.4 Å². The molecular weight excluding hydrogens is 291 g/mol. The molecule has 4 nitrogen and oxygen atoms in total. The van der Waals surface area contributed by atoms with Gasteiger partial charge in [0.05, 0.1) is 11.6 Å². The first kappa shape index (κ1) is 16.1. The number of amides is 2. The molecule has 0 saturated heterocycles. The number of fused-ring (bicyclic) bond motifs is 1. The average Bonchev–Trinajstić information content (AvgIpc) is 2.79. The van der Waals surface area contributed by atoms with Crippen molar-refractivity contribution in [2.24, 2.45) is 0 Å². The number of thioether (sulfide) groups is 1. The van der Waals surface area contributed by atoms with Crippen LogP contribution in [0.5, 0.6) is 0 Å². The number of hydrogen-bond donors (Lipinski definition) is 3. The first-order valence-electron chi connectivity index (χ1n) is 6.95. The number of nitrogens with one attached hydrogen (secondary N) is 2. The van der Waals surface area contributed by atoms with Crippen LogP contribution in [0.1, 0.15) is 30.5 Å². The van der Waals surface area contributed by atoms with E-state index in [1.54, 1.807) is 13.0 Å². The molecule has 0 radical (unpaired) electrons. The maximum Gasteiger partial charge on any atom is 0.315 e. The van der Waals surface area contributed by atoms with Gasteiger partial charge >= 0.3 is 6.03 Å². The number of halogens is 1. The van der Waals surface area contributed by atoms with Crippen LogP contribution in [0, 0.1) is 5.82 Å². The Kier molecular flexibility index (Phi) is 5.11. The number of hydrogen-bond acceptors (Lipinski definition) is 3. The highest BCUT2D eigenvalue weighted by Gasteiger charge is 2.25. The van der Waals surface area contributed by atoms with E-state index in [1.165, 1.54) is 23.9 Å². The Bertz CT molecular complexity index is 522. The quantitative estimate of drug-likeness (QED) is 0.781. The lowest BCUT2D eigenvalue weighted by atomic mass is 10.1. The van der Waals surface area contributed by atoms with Gasteiger partial charge in [-0.2, -0.15) is 11.8 Å². The number of aliphatic hydroxyl groups is 1. The highest BCUT2D eigenvalue weighted by Crippen LogP contribution is 2.31. The molecular formula is C15H21FN2O2S. The van der Waals surface area contributed by atoms with Gasteiger partial charge in [-0.25, -0.2) is 9.18 Å². The second-order valence-electron chi connectivity index (χ2n) is 5.69. The summed E-state index contributed by atoms with van der Waals surface area (Å²) in [4.78, 5) is 11.9. The Morgan fingerprint density at radius 2 is 2.33 bits per heavy atom. The maximum absolute atomic E-state index is 13.1. The molecule has 0 fully saturated rings. The zero-order valence-electron chi connectivity index (χ0n) is 12.3. The lowest BCUT2D eigenvalue weighted by Crippen LogP contribution is -2.46. The van der Waals surface area contributed by atoms with Gasteiger partial charge in [0.15, 0.2) is 0 Å². The van der Waals surface area contributed by atoms with Crippen LogP contribution in [0.25, 0.3) is 0 Å². The molecule has 1 aromatic rings. The van der Waals surface area contributed by atoms with E-state index in [4.69, 9.17) is 0 Å². The van der Waals surface area contributed by atoms with Crippen molar-refractivity contribution in [1.82, 2.24) is 10.6 Å². The fourth-order valence-corrected chi connectivity index (χ4v) is 3.30. The Hall–Kier alpha value is -1.27. The number of carbonyl (C=O) groups excluding carboxylic acids is 1. The summed E-state index contributed by atoms with van der Waals surface area (Å²) in [6, 6.07) is 4.27. The van der Waals surface area contributed by atoms with Gasteiger partial charge in [0, 0.05) is 12.3 Å². The van der Waals surface area contributed by atoms with Crippen LogP contribution >= 0.6 is 11.8 Å². The van der Waals surface area contributed by atoms with Crippen molar-refractivity contribution in [3.63, 3.8) is 0 Å². The molecule has 0 heterocycles. The molecule has 1 aromatic carbocycles. The van der Waals surface area contributed by atoms with Crippen molar-refractivity contribution < 1.29 is 14.3 Å². The Labute approximate surface area is 128 Å². The van der Waals surface area contributed by atoms with Crippen molar-refractivity contribution in [3.05, 3.63) is 35.1 Å². The molecule has 0 bridgehead atoms. The Morgan fingerprint density at radius 1 is 1.57 bits per heavy atom. The summed E-state index contributed by atoms with van der Waals surface area (Å²) in [7, 11) is 0. The van der Waals surface area contributed by atoms with Gasteiger partial charge in [-0.15, -0.1) is 0 Å². The minimum atomic E-state index is -0.923. The van der Waals surface area contributed by atoms with E-state index in [2.05, 4.69) is 10.6 Å². The summed E-state index contributed by atoms with van der Waals surface area (Å²) in [5, 5.41) is 15.6. The van der Waals surface area contributed by atoms with E-state index in [9.17, 15) is 14.3 Å². The summed E-state index contributed by atoms with van der Waals surface area (Å²) < 4.78 is 13.1. The molecule has 2 atom stereocenters. The van der Waals surface area contributed by atoms with Gasteiger partial charge in [0.25, 0.3) is 0 Å². The van der Waals surface area contributed by atoms with Crippen LogP contribution < -0.4 is 10.6 Å². The van der Waals surface area contributed by atoms with E-state index in [1.807, 2.05) is 6.26 Å². The van der Waals surface area contributed by atoms with Gasteiger partial charge < -0.3 is 15.7 Å². The van der Waals surface area contributed by atoms with Crippen molar-refractivity contribution in [3.8, 4) is 0 Å². The molecule has 21 heavy (non-hydrogen) atoms. The second kappa shape index (κ2) is 6.66. The third kappa shape index (κ3) is 4.35. The Morgan fingerprint density at radius 3 is 3.05 bits per heavy atom. The van der Waals surface area contributed by atoms with E-state index < -0.39 is 5.60 Å². The van der Waals surface area contributed by atoms with Gasteiger partial charge in [-0.3, -0.25) is 0 Å². The molecule has 0 saturated carbocycles. The van der Waals surface area contributed by atoms with Crippen molar-refractivity contribution in [2.45, 2.75) is 31.4 Å². The first-order valence-corrected chi connectivity index (χ1v) is 8.35. The van der Waals surface area contributed by atoms with Crippen molar-refractivity contribution >= 4 is 17.8 Å². The molecule has 0 aliphatic heterocycles. The zero-order chi connectivity index (χ0) is 15.5. The van der Waals surface area contributed by atoms with Crippen LogP contribution in [0.15, 0.2) is 18.2 Å². The third-order valence-electron chi connectivity index (χ3n) is 3.57. The average molecular weight is 312 g/mol. The third-order valence-corrected chi connectivity index (χ3v) is 4.48. The predicted octanol–water partition coefficient (Wildman–Crippen LogP) is 2.23. The molecule has 6 heteroatoms. The molecule has 1 aliphatic carbocycles. The van der Waals surface area contributed by atoms with Crippen LogP contribution in [0.4, 0.5) is 9.18 Å². The van der Waals surface area contributed by atoms with Crippen LogP contribution in [-0.4, -0.2) is 35.3 Å². The number of rotatable bonds is 5. The first-order chi connectivity index (χ1) is 9.91. The number of carbonyl (C=O) groups is 1. The summed E-state index contributed by atoms with van der Waals surface area (Å²) in [5.74, 6) is 0.311. The van der Waals surface area contributed by atoms with Gasteiger partial charge in [-0.05, 0) is 49.3 Å². The van der Waals surface area contributed by atoms with Gasteiger partial charge in [0.1, 0.15) is 5.82 Å². The van der Waals surface area contributed by atoms with Gasteiger partial charge in [-0.1, -0.05) is 6.07 Å². The molecule has 2 rings (SSSR count). The number of aryl methyl sites for hydroxylation is 1. The topological polar surface area (TPSA) is 61.4 Å². The minimum Gasteiger partial charge on any atom is -0.387 e. The summed E-state index contributed by atoms with van der Waals surface area (Å²) in [6.45, 7) is 1.89. The van der Waals surface area contributed by atoms with Crippen LogP contribution in [0.3, 0.4) is 0 Å². The second-order valence-corrected chi connectivity index (χ2v) is 6.56. The molecule has 1 aliphatic rings. The van der Waals surface area contributed by atoms with Crippen LogP contribution in [0.2, 0.25) is 0 Å². The summed E-state index contributed by atoms with van der Waals surface area (Å²) in [6.07, 6.45) is 3.44. The molecule has 116 valence electrons. The molecule has 2 unspecified atom stereocenters. The smallest absolute Gasteiger partial charge is 0.315 e. The fraction of sp³-hybridized carbons (Fsp3) is 0.533. The maximum atomic E-state index is 13.1. The fourth-order valence-electron chi connectivity index (χ4n) is 2.58. The molecule has 2 amide bonds. The predicted molar refractivity (Wildman–Crippen MR) is 83.0 cm³/mol. The lowest BCUT2D eigenvalue weighted by molar-refractivity contribution is 0.0868. The van der Waals surface area contributed by atoms with E-state index >= 15 is 0 Å². The van der Waals surface area contributed by atoms with Crippen molar-refractivity contribution in [2.75, 3.05) is 18.6 Å². The summed E-state index contributed by atoms with van der Waals surface area (Å²) in [5.41, 5.74) is 1.00. The molecule has 0 aromatic heterocycles. The monoisotopic (exact) mass is 312 g/mol. The van der Waals surface area contributed by atoms with E-state index in [0.717, 1.165) is 24.0 Å². The SMILES string of the molecule is CSCC(C)(O)CNC(=O)NC1CCc2cc(F)ccc21. The lowest BCUT2D eigenvalue weighted by Gasteiger charge is -2.23. The summed E-state index contributed by atoms with van der Waals surface area (Å²) >= 11 is 1.53. The van der Waals surface area contributed by atoms with Crippen molar-refractivity contribution in [1.29, 1.82) is 0 Å². The molecule has 0 spiro atoms. The van der Waals surface area contributed by atoms with Crippen LogP contribution in [-0.2, 0) is 6.42 Å². The largest absolute Gasteiger partial charge is 0.387 e. The normalized spacial score (nSPS) is 19.7. The number of urea groups is 1. The minimum absolute atomic E-state index is 0.0916. The zero-order valence-corrected chi connectivity index (χ0v) is 13.1. The standard InChI is InChI=1S/C15H21FN2O2S/c1-15(20,9-21-2)8-17-14(19)18-13-6-3-10-7-11(16)4-5-12(10)13/h4-5,7,13,20H,3,6,8-9H2,1-2H3,(H2,17,18,19). The van der Waals surface area contributed by atoms with Gasteiger partial charge in [0.2, 0.25) is 0 Å².